The van der Waals surface area contributed by atoms with Crippen molar-refractivity contribution in [3.8, 4) is 0 Å². The van der Waals surface area contributed by atoms with Gasteiger partial charge in [-0.25, -0.2) is 0 Å². The van der Waals surface area contributed by atoms with Crippen molar-refractivity contribution in [2.24, 2.45) is 11.8 Å². The Kier molecular flexibility index (Phi) is 20.0. The van der Waals surface area contributed by atoms with Gasteiger partial charge in [0.1, 0.15) is 7.14 Å². The quantitative estimate of drug-likeness (QED) is 0.0953. The zero-order valence-electron chi connectivity index (χ0n) is 25.9. The molecule has 1 aromatic carbocycles. The molecular weight excluding hydrogens is 485 g/mol. The molecule has 0 heterocycles. The number of unbranched alkanes of at least 4 members (excludes halogenated alkanes) is 15. The maximum absolute atomic E-state index is 14.2. The van der Waals surface area contributed by atoms with Crippen LogP contribution in [0.25, 0.3) is 0 Å². The van der Waals surface area contributed by atoms with Crippen molar-refractivity contribution in [2.75, 3.05) is 25.4 Å². The van der Waals surface area contributed by atoms with Crippen LogP contribution in [-0.4, -0.2) is 36.2 Å². The smallest absolute Gasteiger partial charge is 0.230 e. The lowest BCUT2D eigenvalue weighted by atomic mass is 10.0. The number of benzene rings is 1. The first-order valence-corrected chi connectivity index (χ1v) is 18.3. The normalized spacial score (nSPS) is 13.2. The first-order valence-electron chi connectivity index (χ1n) is 16.2. The first-order chi connectivity index (χ1) is 18.3. The van der Waals surface area contributed by atoms with E-state index in [1.165, 1.54) is 89.9 Å². The van der Waals surface area contributed by atoms with Crippen LogP contribution >= 0.6 is 7.14 Å². The lowest BCUT2D eigenvalue weighted by Crippen LogP contribution is -2.39. The fraction of sp³-hybridized carbons (Fsp3) is 0.794. The summed E-state index contributed by atoms with van der Waals surface area (Å²) in [6.45, 7) is 12.4. The summed E-state index contributed by atoms with van der Waals surface area (Å²) in [6.07, 6.45) is 22.1. The van der Waals surface area contributed by atoms with Gasteiger partial charge in [-0.05, 0) is 18.3 Å². The molecule has 0 aliphatic carbocycles. The van der Waals surface area contributed by atoms with Crippen molar-refractivity contribution in [3.63, 3.8) is 0 Å². The van der Waals surface area contributed by atoms with Crippen LogP contribution in [0.15, 0.2) is 30.3 Å². The summed E-state index contributed by atoms with van der Waals surface area (Å²) in [5.74, 6) is 0.888. The van der Waals surface area contributed by atoms with Gasteiger partial charge >= 0.3 is 0 Å². The van der Waals surface area contributed by atoms with Crippen LogP contribution < -0.4 is 5.30 Å². The van der Waals surface area contributed by atoms with E-state index in [2.05, 4.69) is 34.6 Å². The van der Waals surface area contributed by atoms with Crippen LogP contribution in [0.3, 0.4) is 0 Å². The van der Waals surface area contributed by atoms with E-state index >= 15 is 0 Å². The Labute approximate surface area is 237 Å². The highest BCUT2D eigenvalue weighted by molar-refractivity contribution is 7.72. The molecule has 1 atom stereocenters. The molecule has 1 amide bonds. The van der Waals surface area contributed by atoms with Gasteiger partial charge in [0.15, 0.2) is 0 Å². The van der Waals surface area contributed by atoms with Gasteiger partial charge in [-0.2, -0.15) is 0 Å². The van der Waals surface area contributed by atoms with Crippen molar-refractivity contribution in [2.45, 2.75) is 137 Å². The molecule has 1 unspecified atom stereocenters. The van der Waals surface area contributed by atoms with Gasteiger partial charge < -0.3 is 9.46 Å². The third-order valence-corrected chi connectivity index (χ3v) is 10.6. The molecule has 0 N–H and O–H groups in total. The summed E-state index contributed by atoms with van der Waals surface area (Å²) in [4.78, 5) is 15.3. The number of hydrogen-bond donors (Lipinski definition) is 0. The third-order valence-electron chi connectivity index (χ3n) is 7.51. The van der Waals surface area contributed by atoms with Crippen molar-refractivity contribution in [1.29, 1.82) is 0 Å². The summed E-state index contributed by atoms with van der Waals surface area (Å²) in [5.41, 5.74) is 0. The molecular formula is C34H62NO2P. The molecule has 1 aromatic rings. The Morgan fingerprint density at radius 1 is 0.658 bits per heavy atom. The van der Waals surface area contributed by atoms with Crippen molar-refractivity contribution in [1.82, 2.24) is 4.90 Å². The molecule has 4 heteroatoms. The second-order valence-corrected chi connectivity index (χ2v) is 15.6. The number of carbonyl (C=O) groups excluding carboxylic acids is 1. The Balaban J connectivity index is 2.34. The van der Waals surface area contributed by atoms with Gasteiger partial charge in [0, 0.05) is 24.6 Å². The molecule has 0 spiro atoms. The van der Waals surface area contributed by atoms with E-state index in [1.807, 2.05) is 35.2 Å². The molecule has 38 heavy (non-hydrogen) atoms. The van der Waals surface area contributed by atoms with E-state index in [0.717, 1.165) is 31.2 Å². The van der Waals surface area contributed by atoms with Crippen molar-refractivity contribution >= 4 is 18.4 Å². The largest absolute Gasteiger partial charge is 0.342 e. The number of carbonyl (C=O) groups is 1. The minimum absolute atomic E-state index is 0.0658. The maximum Gasteiger partial charge on any atom is 0.230 e. The Morgan fingerprint density at radius 3 is 1.45 bits per heavy atom. The summed E-state index contributed by atoms with van der Waals surface area (Å²) in [7, 11) is -2.75. The van der Waals surface area contributed by atoms with Gasteiger partial charge in [-0.15, -0.1) is 0 Å². The lowest BCUT2D eigenvalue weighted by molar-refractivity contribution is -0.129. The molecule has 0 aliphatic rings. The van der Waals surface area contributed by atoms with Crippen LogP contribution in [0.4, 0.5) is 0 Å². The molecule has 1 rings (SSSR count). The topological polar surface area (TPSA) is 37.4 Å². The molecule has 0 radical (unpaired) electrons. The Bertz CT molecular complexity index is 736. The van der Waals surface area contributed by atoms with E-state index in [-0.39, 0.29) is 12.1 Å². The summed E-state index contributed by atoms with van der Waals surface area (Å²) in [5, 5.41) is 0.878. The first kappa shape index (κ1) is 34.9. The number of rotatable bonds is 24. The molecule has 220 valence electrons. The third kappa shape index (κ3) is 16.8. The molecule has 0 saturated heterocycles. The minimum Gasteiger partial charge on any atom is -0.342 e. The zero-order valence-corrected chi connectivity index (χ0v) is 26.8. The monoisotopic (exact) mass is 547 g/mol. The average Bonchev–Trinajstić information content (AvgIpc) is 2.88. The van der Waals surface area contributed by atoms with Gasteiger partial charge in [0.25, 0.3) is 0 Å². The SMILES string of the molecule is CCCCCCCCCCCCCCCCCCP(=O)(CC(=O)N(CC(C)C)CC(C)C)c1ccccc1. The minimum atomic E-state index is -2.75. The molecule has 0 aliphatic heterocycles. The van der Waals surface area contributed by atoms with Crippen molar-refractivity contribution in [3.05, 3.63) is 30.3 Å². The molecule has 3 nitrogen and oxygen atoms in total. The van der Waals surface area contributed by atoms with E-state index in [0.29, 0.717) is 18.0 Å². The van der Waals surface area contributed by atoms with Crippen LogP contribution in [0, 0.1) is 11.8 Å². The number of hydrogen-bond acceptors (Lipinski definition) is 2. The van der Waals surface area contributed by atoms with Crippen LogP contribution in [0.2, 0.25) is 0 Å². The fourth-order valence-electron chi connectivity index (χ4n) is 5.39. The van der Waals surface area contributed by atoms with E-state index in [1.54, 1.807) is 0 Å². The van der Waals surface area contributed by atoms with Gasteiger partial charge in [-0.3, -0.25) is 4.79 Å². The van der Waals surface area contributed by atoms with Crippen molar-refractivity contribution < 1.29 is 9.36 Å². The van der Waals surface area contributed by atoms with Gasteiger partial charge in [0.2, 0.25) is 5.91 Å². The lowest BCUT2D eigenvalue weighted by Gasteiger charge is -2.28. The average molecular weight is 548 g/mol. The zero-order chi connectivity index (χ0) is 28.1. The molecule has 0 saturated carbocycles. The van der Waals surface area contributed by atoms with E-state index < -0.39 is 7.14 Å². The molecule has 0 bridgehead atoms. The number of nitrogens with zero attached hydrogens (tertiary/aromatic N) is 1. The predicted octanol–water partition coefficient (Wildman–Crippen LogP) is 10.1. The summed E-state index contributed by atoms with van der Waals surface area (Å²) in [6, 6.07) is 9.82. The predicted molar refractivity (Wildman–Crippen MR) is 169 cm³/mol. The summed E-state index contributed by atoms with van der Waals surface area (Å²) >= 11 is 0. The standard InChI is InChI=1S/C34H62NO2P/c1-6-7-8-9-10-11-12-13-14-15-16-17-18-19-20-24-27-38(37,33-25-22-21-23-26-33)30-34(36)35(28-31(2)3)29-32(4)5/h21-23,25-26,31-32H,6-20,24,27-30H2,1-5H3. The Hall–Kier alpha value is -1.08. The van der Waals surface area contributed by atoms with E-state index in [4.69, 9.17) is 0 Å². The molecule has 0 fully saturated rings. The fourth-order valence-corrected chi connectivity index (χ4v) is 8.08. The van der Waals surface area contributed by atoms with Crippen LogP contribution in [-0.2, 0) is 9.36 Å². The summed E-state index contributed by atoms with van der Waals surface area (Å²) < 4.78 is 14.2. The van der Waals surface area contributed by atoms with Crippen LogP contribution in [0.5, 0.6) is 0 Å². The highest BCUT2D eigenvalue weighted by Crippen LogP contribution is 2.45. The Morgan fingerprint density at radius 2 is 1.05 bits per heavy atom. The highest BCUT2D eigenvalue weighted by atomic mass is 31.2. The maximum atomic E-state index is 14.2. The molecule has 0 aromatic heterocycles. The van der Waals surface area contributed by atoms with Gasteiger partial charge in [0.05, 0.1) is 6.16 Å². The number of amides is 1. The second-order valence-electron chi connectivity index (χ2n) is 12.5. The van der Waals surface area contributed by atoms with Gasteiger partial charge in [-0.1, -0.05) is 161 Å². The second kappa shape index (κ2) is 21.7. The van der Waals surface area contributed by atoms with E-state index in [9.17, 15) is 9.36 Å². The van der Waals surface area contributed by atoms with Crippen LogP contribution in [0.1, 0.15) is 137 Å². The highest BCUT2D eigenvalue weighted by Gasteiger charge is 2.30.